The molecule has 0 aromatic rings. The lowest BCUT2D eigenvalue weighted by atomic mass is 9.89. The number of ether oxygens (including phenoxy) is 2. The topological polar surface area (TPSA) is 18.5 Å². The molecule has 0 aromatic carbocycles. The molecule has 0 saturated heterocycles. The zero-order valence-corrected chi connectivity index (χ0v) is 19.8. The van der Waals surface area contributed by atoms with Crippen LogP contribution in [0.15, 0.2) is 0 Å². The van der Waals surface area contributed by atoms with Crippen molar-refractivity contribution in [1.82, 2.24) is 0 Å². The molecule has 4 unspecified atom stereocenters. The zero-order chi connectivity index (χ0) is 38.4. The van der Waals surface area contributed by atoms with E-state index in [0.717, 1.165) is 4.74 Å². The molecule has 0 bridgehead atoms. The van der Waals surface area contributed by atoms with Gasteiger partial charge in [0, 0.05) is 0 Å². The van der Waals surface area contributed by atoms with E-state index in [1.165, 1.54) is 0 Å². The van der Waals surface area contributed by atoms with Crippen molar-refractivity contribution in [2.45, 2.75) is 90.8 Å². The predicted octanol–water partition coefficient (Wildman–Crippen LogP) is 9.69. The van der Waals surface area contributed by atoms with Crippen molar-refractivity contribution in [3.8, 4) is 0 Å². The maximum absolute atomic E-state index is 14.3. The highest BCUT2D eigenvalue weighted by atomic mass is 19.4. The third kappa shape index (κ3) is 5.91. The van der Waals surface area contributed by atoms with Gasteiger partial charge in [-0.3, -0.25) is 9.47 Å². The molecule has 0 heterocycles. The van der Waals surface area contributed by atoms with Crippen molar-refractivity contribution in [3.63, 3.8) is 0 Å². The van der Waals surface area contributed by atoms with Gasteiger partial charge < -0.3 is 0 Å². The fraction of sp³-hybridized carbons (Fsp3) is 1.00. The van der Waals surface area contributed by atoms with Crippen LogP contribution in [0.4, 0.5) is 127 Å². The second-order valence-electron chi connectivity index (χ2n) is 8.30. The number of hydrogen-bond donors (Lipinski definition) is 0. The van der Waals surface area contributed by atoms with Crippen molar-refractivity contribution in [2.24, 2.45) is 0 Å². The summed E-state index contributed by atoms with van der Waals surface area (Å²) in [6.07, 6.45) is -61.4. The Morgan fingerprint density at radius 2 is 0.587 bits per heavy atom. The highest BCUT2D eigenvalue weighted by Crippen LogP contribution is 2.65. The van der Waals surface area contributed by atoms with Gasteiger partial charge in [-0.05, 0) is 6.92 Å². The minimum Gasteiger partial charge on any atom is -0.265 e. The lowest BCUT2D eigenvalue weighted by Crippen LogP contribution is -2.77. The van der Waals surface area contributed by atoms with E-state index in [1.807, 2.05) is 0 Å². The SMILES string of the molecule is CC(F)(C(F)(F)F)C(F)(F)C(F)(OC(F)(F)C(F)(OC(F)(F)C(F)(C(F)(F)F)C(F)(F)C(F)(F)C(F)(F)F)C(F)(F)F)C(F)(F)F. The Labute approximate surface area is 229 Å². The van der Waals surface area contributed by atoms with Gasteiger partial charge in [-0.2, -0.15) is 119 Å². The highest BCUT2D eigenvalue weighted by molar-refractivity contribution is 5.14. The second kappa shape index (κ2) is 10.7. The standard InChI is InChI=1S/C15H3F29O2/c1-2(16,9(26,27)28)4(18,19)7(24,12(35,36)37)45-15(43,44)8(25,13(38,39)40)46-14(41,42)3(17,10(29,30)31)5(20,21)6(22,23)11(32,33)34/h1H3. The summed E-state index contributed by atoms with van der Waals surface area (Å²) in [5.41, 5.74) is -17.0. The van der Waals surface area contributed by atoms with E-state index in [9.17, 15) is 127 Å². The minimum atomic E-state index is -9.63. The van der Waals surface area contributed by atoms with Crippen molar-refractivity contribution < 1.29 is 137 Å². The summed E-state index contributed by atoms with van der Waals surface area (Å²) < 4.78 is 384. The molecule has 0 fully saturated rings. The molecule has 46 heavy (non-hydrogen) atoms. The molecule has 0 spiro atoms. The molecule has 0 aliphatic carbocycles. The monoisotopic (exact) mass is 766 g/mol. The van der Waals surface area contributed by atoms with Gasteiger partial charge in [0.2, 0.25) is 0 Å². The van der Waals surface area contributed by atoms with Gasteiger partial charge in [-0.25, -0.2) is 8.78 Å². The lowest BCUT2D eigenvalue weighted by Gasteiger charge is -2.46. The van der Waals surface area contributed by atoms with E-state index >= 15 is 0 Å². The van der Waals surface area contributed by atoms with Gasteiger partial charge in [0.1, 0.15) is 0 Å². The largest absolute Gasteiger partial charge is 0.460 e. The molecule has 278 valence electrons. The van der Waals surface area contributed by atoms with Gasteiger partial charge in [0.15, 0.2) is 0 Å². The normalized spacial score (nSPS) is 21.3. The zero-order valence-electron chi connectivity index (χ0n) is 19.8. The Balaban J connectivity index is 7.89. The predicted molar refractivity (Wildman–Crippen MR) is 78.2 cm³/mol. The van der Waals surface area contributed by atoms with Crippen LogP contribution >= 0.6 is 0 Å². The average molecular weight is 766 g/mol. The van der Waals surface area contributed by atoms with Crippen LogP contribution in [0.2, 0.25) is 0 Å². The molecule has 0 aliphatic heterocycles. The molecule has 31 heteroatoms. The molecular formula is C15H3F29O2. The van der Waals surface area contributed by atoms with Gasteiger partial charge in [-0.15, -0.1) is 0 Å². The fourth-order valence-corrected chi connectivity index (χ4v) is 2.47. The van der Waals surface area contributed by atoms with Gasteiger partial charge in [0.25, 0.3) is 5.67 Å². The first-order valence-electron chi connectivity index (χ1n) is 9.55. The van der Waals surface area contributed by atoms with E-state index in [-0.39, 0.29) is 0 Å². The molecular weight excluding hydrogens is 763 g/mol. The van der Waals surface area contributed by atoms with Gasteiger partial charge in [-0.1, -0.05) is 0 Å². The van der Waals surface area contributed by atoms with Crippen LogP contribution in [0, 0.1) is 0 Å². The number of alkyl halides is 29. The first kappa shape index (κ1) is 43.9. The van der Waals surface area contributed by atoms with E-state index in [4.69, 9.17) is 0 Å². The third-order valence-corrected chi connectivity index (χ3v) is 5.14. The van der Waals surface area contributed by atoms with Crippen molar-refractivity contribution in [2.75, 3.05) is 0 Å². The first-order valence-corrected chi connectivity index (χ1v) is 9.55. The highest BCUT2D eigenvalue weighted by Gasteiger charge is 2.96. The number of rotatable bonds is 10. The summed E-state index contributed by atoms with van der Waals surface area (Å²) >= 11 is 0. The molecule has 4 atom stereocenters. The van der Waals surface area contributed by atoms with Crippen LogP contribution in [0.5, 0.6) is 0 Å². The van der Waals surface area contributed by atoms with Crippen LogP contribution in [-0.4, -0.2) is 83.9 Å². The molecule has 0 aliphatic rings. The molecule has 0 N–H and O–H groups in total. The summed E-state index contributed by atoms with van der Waals surface area (Å²) in [4.78, 5) is 0. The first-order chi connectivity index (χ1) is 19.2. The molecule has 0 aromatic heterocycles. The minimum absolute atomic E-state index is 0.694. The summed E-state index contributed by atoms with van der Waals surface area (Å²) in [6, 6.07) is 0. The maximum Gasteiger partial charge on any atom is 0.460 e. The summed E-state index contributed by atoms with van der Waals surface area (Å²) in [7, 11) is 0. The van der Waals surface area contributed by atoms with Crippen LogP contribution in [0.1, 0.15) is 6.92 Å². The van der Waals surface area contributed by atoms with Crippen molar-refractivity contribution in [1.29, 1.82) is 0 Å². The summed E-state index contributed by atoms with van der Waals surface area (Å²) in [5, 5.41) is 0. The molecule has 0 radical (unpaired) electrons. The van der Waals surface area contributed by atoms with E-state index in [0.29, 0.717) is 4.74 Å². The Kier molecular flexibility index (Phi) is 10.2. The Bertz CT molecular complexity index is 1090. The lowest BCUT2D eigenvalue weighted by molar-refractivity contribution is -0.569. The van der Waals surface area contributed by atoms with E-state index in [2.05, 4.69) is 0 Å². The molecule has 0 saturated carbocycles. The van der Waals surface area contributed by atoms with E-state index < -0.39 is 90.8 Å². The summed E-state index contributed by atoms with van der Waals surface area (Å²) in [6.45, 7) is -1.95. The smallest absolute Gasteiger partial charge is 0.265 e. The summed E-state index contributed by atoms with van der Waals surface area (Å²) in [5.74, 6) is -45.2. The van der Waals surface area contributed by atoms with E-state index in [1.54, 1.807) is 0 Å². The van der Waals surface area contributed by atoms with Crippen molar-refractivity contribution >= 4 is 0 Å². The van der Waals surface area contributed by atoms with Crippen LogP contribution in [0.25, 0.3) is 0 Å². The van der Waals surface area contributed by atoms with Crippen molar-refractivity contribution in [3.05, 3.63) is 0 Å². The van der Waals surface area contributed by atoms with Crippen LogP contribution in [0.3, 0.4) is 0 Å². The Morgan fingerprint density at radius 3 is 0.826 bits per heavy atom. The van der Waals surface area contributed by atoms with Crippen LogP contribution < -0.4 is 0 Å². The average Bonchev–Trinajstić information content (AvgIpc) is 2.73. The maximum atomic E-state index is 14.3. The molecule has 0 rings (SSSR count). The fourth-order valence-electron chi connectivity index (χ4n) is 2.47. The Hall–Kier alpha value is -2.11. The van der Waals surface area contributed by atoms with Gasteiger partial charge >= 0.3 is 78.2 Å². The number of hydrogen-bond acceptors (Lipinski definition) is 2. The number of halogens is 29. The second-order valence-corrected chi connectivity index (χ2v) is 8.30. The third-order valence-electron chi connectivity index (χ3n) is 5.14. The molecule has 2 nitrogen and oxygen atoms in total. The quantitative estimate of drug-likeness (QED) is 0.206. The van der Waals surface area contributed by atoms with Crippen LogP contribution in [-0.2, 0) is 9.47 Å². The van der Waals surface area contributed by atoms with Gasteiger partial charge in [0.05, 0.1) is 0 Å². The molecule has 0 amide bonds. The Morgan fingerprint density at radius 1 is 0.283 bits per heavy atom.